The van der Waals surface area contributed by atoms with Crippen LogP contribution in [0.4, 0.5) is 0 Å². The smallest absolute Gasteiger partial charge is 0.328 e. The molecule has 0 amide bonds. The maximum atomic E-state index is 9.53. The van der Waals surface area contributed by atoms with E-state index < -0.39 is 11.9 Å². The minimum atomic E-state index is -1.51. The molecule has 0 heterocycles. The van der Waals surface area contributed by atoms with E-state index in [1.54, 1.807) is 7.11 Å². The molecule has 5 N–H and O–H groups in total. The van der Waals surface area contributed by atoms with Crippen molar-refractivity contribution >= 4 is 23.7 Å². The van der Waals surface area contributed by atoms with E-state index in [2.05, 4.69) is 30.3 Å². The third-order valence-electron chi connectivity index (χ3n) is 2.27. The number of carbonyl (C=O) groups is 2. The molecule has 0 aliphatic carbocycles. The van der Waals surface area contributed by atoms with E-state index in [9.17, 15) is 14.7 Å². The van der Waals surface area contributed by atoms with Gasteiger partial charge in [0.05, 0.1) is 19.1 Å². The van der Waals surface area contributed by atoms with Gasteiger partial charge in [-0.05, 0) is 37.3 Å². The van der Waals surface area contributed by atoms with E-state index in [-0.39, 0.29) is 0 Å². The van der Waals surface area contributed by atoms with E-state index in [4.69, 9.17) is 9.84 Å². The van der Waals surface area contributed by atoms with Crippen molar-refractivity contribution in [2.75, 3.05) is 12.9 Å². The molecule has 0 spiro atoms. The van der Waals surface area contributed by atoms with Gasteiger partial charge in [-0.3, -0.25) is 5.84 Å². The number of benzene rings is 1. The van der Waals surface area contributed by atoms with Crippen LogP contribution in [0.1, 0.15) is 6.92 Å². The molecule has 1 aromatic carbocycles. The van der Waals surface area contributed by atoms with Gasteiger partial charge >= 0.3 is 5.97 Å². The molecule has 1 unspecified atom stereocenters. The van der Waals surface area contributed by atoms with Crippen molar-refractivity contribution in [1.29, 1.82) is 0 Å². The number of nitrogens with one attached hydrogen (secondary N) is 1. The summed E-state index contributed by atoms with van der Waals surface area (Å²) in [5.41, 5.74) is 2.96. The summed E-state index contributed by atoms with van der Waals surface area (Å²) in [6, 6.07) is 8.52. The summed E-state index contributed by atoms with van der Waals surface area (Å²) in [6.07, 6.45) is 0.942. The minimum absolute atomic E-state index is 0.433. The fourth-order valence-corrected chi connectivity index (χ4v) is 1.98. The summed E-state index contributed by atoms with van der Waals surface area (Å²) in [6.45, 7) is 2.11. The average Bonchev–Trinajstić information content (AvgIpc) is 2.51. The van der Waals surface area contributed by atoms with Crippen LogP contribution >= 0.6 is 11.8 Å². The molecule has 0 aromatic heterocycles. The Hall–Kier alpha value is -2.03. The van der Waals surface area contributed by atoms with E-state index in [0.717, 1.165) is 11.5 Å². The molecule has 0 fully saturated rings. The number of carboxylic acid groups (broad SMARTS) is 2. The molecule has 7 nitrogen and oxygen atoms in total. The van der Waals surface area contributed by atoms with E-state index >= 15 is 0 Å². The molecule has 0 saturated carbocycles. The second kappa shape index (κ2) is 11.6. The van der Waals surface area contributed by atoms with Crippen molar-refractivity contribution < 1.29 is 30.4 Å². The van der Waals surface area contributed by atoms with Gasteiger partial charge in [0, 0.05) is 16.7 Å². The third-order valence-corrected chi connectivity index (χ3v) is 3.54. The van der Waals surface area contributed by atoms with E-state index in [1.165, 1.54) is 4.90 Å². The van der Waals surface area contributed by atoms with Crippen LogP contribution < -0.4 is 21.1 Å². The lowest BCUT2D eigenvalue weighted by molar-refractivity contribution is -0.449. The SMILES string of the molecule is COc1ccc(SCC(C)N[NH3+])cc1.O=C([O-])/C=C\C(=O)O. The highest BCUT2D eigenvalue weighted by Crippen LogP contribution is 2.21. The second-order valence-electron chi connectivity index (χ2n) is 4.08. The zero-order valence-electron chi connectivity index (χ0n) is 12.4. The highest BCUT2D eigenvalue weighted by atomic mass is 32.2. The van der Waals surface area contributed by atoms with Gasteiger partial charge in [0.25, 0.3) is 0 Å². The lowest BCUT2D eigenvalue weighted by Gasteiger charge is -2.07. The van der Waals surface area contributed by atoms with Crippen molar-refractivity contribution in [2.45, 2.75) is 17.9 Å². The molecular formula is C14H20N2O5S. The molecule has 0 aliphatic heterocycles. The zero-order chi connectivity index (χ0) is 17.0. The maximum absolute atomic E-state index is 9.53. The van der Waals surface area contributed by atoms with Crippen LogP contribution in [-0.2, 0) is 9.59 Å². The number of quaternary nitrogens is 1. The van der Waals surface area contributed by atoms with Crippen LogP contribution in [0.15, 0.2) is 41.3 Å². The topological polar surface area (TPSA) is 126 Å². The number of carbonyl (C=O) groups excluding carboxylic acids is 1. The first kappa shape index (κ1) is 20.0. The Morgan fingerprint density at radius 1 is 1.41 bits per heavy atom. The normalized spacial score (nSPS) is 11.4. The summed E-state index contributed by atoms with van der Waals surface area (Å²) in [4.78, 5) is 20.2. The Bertz CT molecular complexity index is 475. The molecule has 1 atom stereocenters. The number of rotatable bonds is 7. The zero-order valence-corrected chi connectivity index (χ0v) is 13.3. The minimum Gasteiger partial charge on any atom is -0.545 e. The molecule has 122 valence electrons. The van der Waals surface area contributed by atoms with Crippen molar-refractivity contribution in [3.8, 4) is 5.75 Å². The number of carboxylic acids is 2. The fourth-order valence-electron chi connectivity index (χ4n) is 1.09. The fraction of sp³-hybridized carbons (Fsp3) is 0.286. The van der Waals surface area contributed by atoms with E-state index in [0.29, 0.717) is 18.2 Å². The van der Waals surface area contributed by atoms with Crippen LogP contribution in [0.2, 0.25) is 0 Å². The quantitative estimate of drug-likeness (QED) is 0.343. The molecule has 22 heavy (non-hydrogen) atoms. The Kier molecular flexibility index (Phi) is 10.5. The highest BCUT2D eigenvalue weighted by Gasteiger charge is 2.01. The van der Waals surface area contributed by atoms with Gasteiger partial charge in [0.1, 0.15) is 5.75 Å². The Labute approximate surface area is 133 Å². The molecule has 0 radical (unpaired) electrons. The molecule has 1 aromatic rings. The standard InChI is InChI=1S/C10H16N2OS.C4H4O4/c1-8(12-11)7-14-10-5-3-9(13-2)4-6-10;5-3(6)1-2-4(7)8/h3-6,8,12H,7,11H2,1-2H3;1-2H,(H,5,6)(H,7,8)/b;2-1-. The number of hydrogen-bond donors (Lipinski definition) is 3. The maximum Gasteiger partial charge on any atom is 0.328 e. The van der Waals surface area contributed by atoms with Crippen LogP contribution in [0.25, 0.3) is 0 Å². The highest BCUT2D eigenvalue weighted by molar-refractivity contribution is 7.99. The molecule has 1 rings (SSSR count). The predicted octanol–water partition coefficient (Wildman–Crippen LogP) is -0.701. The Balaban J connectivity index is 0.000000472. The summed E-state index contributed by atoms with van der Waals surface area (Å²) >= 11 is 1.81. The first-order valence-electron chi connectivity index (χ1n) is 6.30. The molecule has 0 aliphatic rings. The van der Waals surface area contributed by atoms with Crippen LogP contribution in [-0.4, -0.2) is 35.9 Å². The first-order valence-corrected chi connectivity index (χ1v) is 7.29. The number of methoxy groups -OCH3 is 1. The van der Waals surface area contributed by atoms with Crippen LogP contribution in [0.5, 0.6) is 5.75 Å². The summed E-state index contributed by atoms with van der Waals surface area (Å²) in [5, 5.41) is 17.2. The summed E-state index contributed by atoms with van der Waals surface area (Å²) in [7, 11) is 1.68. The van der Waals surface area contributed by atoms with Crippen LogP contribution in [0.3, 0.4) is 0 Å². The lowest BCUT2D eigenvalue weighted by atomic mass is 10.3. The summed E-state index contributed by atoms with van der Waals surface area (Å²) in [5.74, 6) is 2.76. The lowest BCUT2D eigenvalue weighted by Crippen LogP contribution is -2.68. The van der Waals surface area contributed by atoms with Crippen LogP contribution in [0, 0.1) is 0 Å². The Morgan fingerprint density at radius 2 is 2.00 bits per heavy atom. The van der Waals surface area contributed by atoms with Gasteiger partial charge in [0.15, 0.2) is 0 Å². The molecular weight excluding hydrogens is 308 g/mol. The van der Waals surface area contributed by atoms with Gasteiger partial charge < -0.3 is 19.7 Å². The van der Waals surface area contributed by atoms with Crippen molar-refractivity contribution in [1.82, 2.24) is 5.43 Å². The van der Waals surface area contributed by atoms with Crippen molar-refractivity contribution in [2.24, 2.45) is 0 Å². The molecule has 0 bridgehead atoms. The number of ether oxygens (including phenoxy) is 1. The molecule has 0 saturated heterocycles. The van der Waals surface area contributed by atoms with Gasteiger partial charge in [-0.25, -0.2) is 4.79 Å². The Morgan fingerprint density at radius 3 is 2.36 bits per heavy atom. The summed E-state index contributed by atoms with van der Waals surface area (Å²) < 4.78 is 5.08. The third kappa shape index (κ3) is 10.7. The predicted molar refractivity (Wildman–Crippen MR) is 81.0 cm³/mol. The monoisotopic (exact) mass is 328 g/mol. The van der Waals surface area contributed by atoms with Gasteiger partial charge in [-0.2, -0.15) is 5.43 Å². The average molecular weight is 328 g/mol. The number of hydrogen-bond acceptors (Lipinski definition) is 6. The first-order chi connectivity index (χ1) is 10.4. The van der Waals surface area contributed by atoms with Gasteiger partial charge in [-0.1, -0.05) is 0 Å². The van der Waals surface area contributed by atoms with Gasteiger partial charge in [-0.15, -0.1) is 11.8 Å². The van der Waals surface area contributed by atoms with Crippen molar-refractivity contribution in [3.05, 3.63) is 36.4 Å². The number of thioether (sulfide) groups is 1. The second-order valence-corrected chi connectivity index (χ2v) is 5.18. The van der Waals surface area contributed by atoms with E-state index in [1.807, 2.05) is 23.9 Å². The number of aliphatic carboxylic acids is 2. The van der Waals surface area contributed by atoms with Gasteiger partial charge in [0.2, 0.25) is 0 Å². The largest absolute Gasteiger partial charge is 0.545 e. The van der Waals surface area contributed by atoms with Crippen molar-refractivity contribution in [3.63, 3.8) is 0 Å². The molecule has 8 heteroatoms.